The van der Waals surface area contributed by atoms with Crippen molar-refractivity contribution in [3.8, 4) is 5.75 Å². The molecule has 0 unspecified atom stereocenters. The Morgan fingerprint density at radius 3 is 2.25 bits per heavy atom. The van der Waals surface area contributed by atoms with Crippen molar-refractivity contribution >= 4 is 35.0 Å². The maximum Gasteiger partial charge on any atom is 0.261 e. The second-order valence-electron chi connectivity index (χ2n) is 9.13. The predicted molar refractivity (Wildman–Crippen MR) is 131 cm³/mol. The number of hydrogen-bond donors (Lipinski definition) is 1. The summed E-state index contributed by atoms with van der Waals surface area (Å²) in [5.74, 6) is 0.0473. The van der Waals surface area contributed by atoms with Crippen LogP contribution in [-0.4, -0.2) is 34.9 Å². The van der Waals surface area contributed by atoms with E-state index >= 15 is 0 Å². The molecule has 2 rings (SSSR count). The highest BCUT2D eigenvalue weighted by Crippen LogP contribution is 2.27. The molecule has 1 atom stereocenters. The first-order chi connectivity index (χ1) is 14.8. The van der Waals surface area contributed by atoms with E-state index in [1.54, 1.807) is 25.1 Å². The fraction of sp³-hybridized carbons (Fsp3) is 0.440. The fourth-order valence-corrected chi connectivity index (χ4v) is 3.80. The Morgan fingerprint density at radius 2 is 1.69 bits per heavy atom. The maximum atomic E-state index is 13.3. The molecule has 7 heteroatoms. The number of ether oxygens (including phenoxy) is 1. The van der Waals surface area contributed by atoms with Crippen molar-refractivity contribution in [2.75, 3.05) is 6.61 Å². The number of nitrogens with zero attached hydrogens (tertiary/aromatic N) is 1. The highest BCUT2D eigenvalue weighted by Gasteiger charge is 2.29. The lowest BCUT2D eigenvalue weighted by Gasteiger charge is -2.32. The number of amides is 2. The molecular formula is C25H32Cl2N2O3. The van der Waals surface area contributed by atoms with Gasteiger partial charge in [-0.15, -0.1) is 0 Å². The van der Waals surface area contributed by atoms with Gasteiger partial charge in [0.15, 0.2) is 6.61 Å². The van der Waals surface area contributed by atoms with Crippen molar-refractivity contribution in [1.29, 1.82) is 0 Å². The number of carbonyl (C=O) groups excluding carboxylic acids is 2. The summed E-state index contributed by atoms with van der Waals surface area (Å²) in [6, 6.07) is 8.37. The van der Waals surface area contributed by atoms with E-state index in [0.29, 0.717) is 21.4 Å². The van der Waals surface area contributed by atoms with Crippen LogP contribution in [0.2, 0.25) is 10.0 Å². The van der Waals surface area contributed by atoms with Crippen LogP contribution in [0.5, 0.6) is 5.75 Å². The van der Waals surface area contributed by atoms with E-state index in [1.165, 1.54) is 4.90 Å². The third-order valence-electron chi connectivity index (χ3n) is 5.17. The summed E-state index contributed by atoms with van der Waals surface area (Å²) < 4.78 is 5.88. The quantitative estimate of drug-likeness (QED) is 0.560. The molecule has 2 aromatic carbocycles. The van der Waals surface area contributed by atoms with Gasteiger partial charge in [0.2, 0.25) is 5.91 Å². The number of rotatable bonds is 7. The smallest absolute Gasteiger partial charge is 0.261 e. The maximum absolute atomic E-state index is 13.3. The molecule has 0 heterocycles. The van der Waals surface area contributed by atoms with Crippen molar-refractivity contribution < 1.29 is 14.3 Å². The Morgan fingerprint density at radius 1 is 1.09 bits per heavy atom. The summed E-state index contributed by atoms with van der Waals surface area (Å²) >= 11 is 12.7. The topological polar surface area (TPSA) is 58.6 Å². The largest absolute Gasteiger partial charge is 0.483 e. The number of halogens is 2. The Hall–Kier alpha value is -2.24. The van der Waals surface area contributed by atoms with Crippen LogP contribution in [0.3, 0.4) is 0 Å². The fourth-order valence-electron chi connectivity index (χ4n) is 3.28. The van der Waals surface area contributed by atoms with E-state index in [4.69, 9.17) is 27.9 Å². The number of aryl methyl sites for hydroxylation is 2. The van der Waals surface area contributed by atoms with Crippen molar-refractivity contribution in [2.45, 2.75) is 66.6 Å². The summed E-state index contributed by atoms with van der Waals surface area (Å²) in [4.78, 5) is 27.6. The molecule has 0 aliphatic heterocycles. The molecule has 2 amide bonds. The minimum Gasteiger partial charge on any atom is -0.483 e. The molecule has 2 aromatic rings. The minimum atomic E-state index is -0.752. The molecule has 0 aliphatic carbocycles. The molecule has 32 heavy (non-hydrogen) atoms. The van der Waals surface area contributed by atoms with Gasteiger partial charge in [0, 0.05) is 27.7 Å². The van der Waals surface area contributed by atoms with Crippen molar-refractivity contribution in [3.63, 3.8) is 0 Å². The lowest BCUT2D eigenvalue weighted by atomic mass is 10.1. The Bertz CT molecular complexity index is 979. The average molecular weight is 479 g/mol. The summed E-state index contributed by atoms with van der Waals surface area (Å²) in [5, 5.41) is 3.80. The number of nitrogens with one attached hydrogen (secondary N) is 1. The first-order valence-corrected chi connectivity index (χ1v) is 11.3. The van der Waals surface area contributed by atoms with E-state index < -0.39 is 11.6 Å². The zero-order chi connectivity index (χ0) is 24.2. The van der Waals surface area contributed by atoms with Gasteiger partial charge in [-0.2, -0.15) is 0 Å². The number of benzene rings is 2. The van der Waals surface area contributed by atoms with Gasteiger partial charge in [-0.1, -0.05) is 35.3 Å². The average Bonchev–Trinajstić information content (AvgIpc) is 2.67. The summed E-state index contributed by atoms with van der Waals surface area (Å²) in [5.41, 5.74) is 3.26. The van der Waals surface area contributed by atoms with E-state index in [9.17, 15) is 9.59 Å². The van der Waals surface area contributed by atoms with Crippen LogP contribution < -0.4 is 10.1 Å². The normalized spacial score (nSPS) is 12.3. The molecule has 174 valence electrons. The molecule has 0 bridgehead atoms. The second kappa shape index (κ2) is 10.6. The van der Waals surface area contributed by atoms with Crippen LogP contribution in [-0.2, 0) is 16.1 Å². The Balaban J connectivity index is 2.30. The summed E-state index contributed by atoms with van der Waals surface area (Å²) in [6.07, 6.45) is 0. The van der Waals surface area contributed by atoms with E-state index in [2.05, 4.69) is 11.4 Å². The number of carbonyl (C=O) groups is 2. The third-order valence-corrected chi connectivity index (χ3v) is 5.88. The van der Waals surface area contributed by atoms with Crippen LogP contribution in [0.15, 0.2) is 30.3 Å². The van der Waals surface area contributed by atoms with Gasteiger partial charge >= 0.3 is 0 Å². The second-order valence-corrected chi connectivity index (χ2v) is 9.95. The van der Waals surface area contributed by atoms with Gasteiger partial charge in [-0.3, -0.25) is 9.59 Å². The molecule has 0 fully saturated rings. The summed E-state index contributed by atoms with van der Waals surface area (Å²) in [6.45, 7) is 13.2. The molecule has 1 N–H and O–H groups in total. The van der Waals surface area contributed by atoms with Crippen LogP contribution in [0.1, 0.15) is 49.9 Å². The Kier molecular flexibility index (Phi) is 8.60. The molecular weight excluding hydrogens is 447 g/mol. The third kappa shape index (κ3) is 6.88. The van der Waals surface area contributed by atoms with Gasteiger partial charge in [-0.05, 0) is 83.4 Å². The van der Waals surface area contributed by atoms with Crippen LogP contribution >= 0.6 is 23.2 Å². The van der Waals surface area contributed by atoms with Crippen LogP contribution in [0.25, 0.3) is 0 Å². The van der Waals surface area contributed by atoms with Gasteiger partial charge in [-0.25, -0.2) is 0 Å². The van der Waals surface area contributed by atoms with E-state index in [0.717, 1.165) is 16.7 Å². The van der Waals surface area contributed by atoms with Gasteiger partial charge in [0.1, 0.15) is 11.8 Å². The lowest BCUT2D eigenvalue weighted by molar-refractivity contribution is -0.142. The highest BCUT2D eigenvalue weighted by molar-refractivity contribution is 6.36. The minimum absolute atomic E-state index is 0.0885. The van der Waals surface area contributed by atoms with Crippen molar-refractivity contribution in [3.05, 3.63) is 62.6 Å². The molecule has 5 nitrogen and oxygen atoms in total. The standard InChI is InChI=1S/C25H32Cl2N2O3/c1-15-11-16(2)17(3)22(12-15)32-14-23(30)29(18(4)24(31)28-25(5,6)7)13-19-20(26)9-8-10-21(19)27/h8-12,18H,13-14H2,1-7H3,(H,28,31)/t18-/m1/s1. The first kappa shape index (κ1) is 26.0. The molecule has 0 radical (unpaired) electrons. The van der Waals surface area contributed by atoms with Crippen LogP contribution in [0, 0.1) is 20.8 Å². The van der Waals surface area contributed by atoms with Crippen molar-refractivity contribution in [1.82, 2.24) is 10.2 Å². The Labute approximate surface area is 201 Å². The molecule has 0 aromatic heterocycles. The van der Waals surface area contributed by atoms with Gasteiger partial charge in [0.05, 0.1) is 0 Å². The molecule has 0 spiro atoms. The SMILES string of the molecule is Cc1cc(C)c(C)c(OCC(=O)N(Cc2c(Cl)cccc2Cl)[C@H](C)C(=O)NC(C)(C)C)c1. The predicted octanol–water partition coefficient (Wildman–Crippen LogP) is 5.63. The zero-order valence-corrected chi connectivity index (χ0v) is 21.3. The molecule has 0 saturated heterocycles. The molecule has 0 aliphatic rings. The van der Waals surface area contributed by atoms with Crippen LogP contribution in [0.4, 0.5) is 0 Å². The number of hydrogen-bond acceptors (Lipinski definition) is 3. The first-order valence-electron chi connectivity index (χ1n) is 10.5. The van der Waals surface area contributed by atoms with Gasteiger partial charge in [0.25, 0.3) is 5.91 Å². The highest BCUT2D eigenvalue weighted by atomic mass is 35.5. The van der Waals surface area contributed by atoms with Gasteiger partial charge < -0.3 is 15.0 Å². The zero-order valence-electron chi connectivity index (χ0n) is 19.8. The van der Waals surface area contributed by atoms with E-state index in [-0.39, 0.29) is 25.0 Å². The summed E-state index contributed by atoms with van der Waals surface area (Å²) in [7, 11) is 0. The molecule has 0 saturated carbocycles. The van der Waals surface area contributed by atoms with E-state index in [1.807, 2.05) is 47.6 Å². The van der Waals surface area contributed by atoms with Crippen molar-refractivity contribution in [2.24, 2.45) is 0 Å². The lowest BCUT2D eigenvalue weighted by Crippen LogP contribution is -2.53. The monoisotopic (exact) mass is 478 g/mol.